The second-order valence-corrected chi connectivity index (χ2v) is 5.96. The molecule has 4 heteroatoms. The molecule has 0 spiro atoms. The highest BCUT2D eigenvalue weighted by Gasteiger charge is 2.50. The molecule has 14 heavy (non-hydrogen) atoms. The normalized spacial score (nSPS) is 26.2. The Morgan fingerprint density at radius 2 is 1.79 bits per heavy atom. The zero-order valence-electron chi connectivity index (χ0n) is 7.34. The number of ether oxygens (including phenoxy) is 1. The first-order valence-electron chi connectivity index (χ1n) is 4.28. The van der Waals surface area contributed by atoms with Crippen molar-refractivity contribution >= 4 is 34.8 Å². The molecule has 0 N–H and O–H groups in total. The van der Waals surface area contributed by atoms with Crippen LogP contribution in [0.15, 0.2) is 30.3 Å². The van der Waals surface area contributed by atoms with Crippen molar-refractivity contribution in [2.75, 3.05) is 6.61 Å². The molecular formula is C10H9Cl3O. The summed E-state index contributed by atoms with van der Waals surface area (Å²) in [6.07, 6.45) is 0.398. The zero-order valence-corrected chi connectivity index (χ0v) is 9.61. The molecule has 1 saturated heterocycles. The molecule has 1 atom stereocenters. The lowest BCUT2D eigenvalue weighted by Crippen LogP contribution is -2.17. The minimum atomic E-state index is -1.26. The molecule has 1 aliphatic heterocycles. The van der Waals surface area contributed by atoms with Crippen LogP contribution in [-0.4, -0.2) is 10.4 Å². The molecule has 0 radical (unpaired) electrons. The molecule has 1 fully saturated rings. The van der Waals surface area contributed by atoms with Gasteiger partial charge < -0.3 is 4.74 Å². The SMILES string of the molecule is ClC(Cl)(Cl)CC1(c2ccccc2)CO1. The quantitative estimate of drug-likeness (QED) is 0.577. The molecule has 2 rings (SSSR count). The van der Waals surface area contributed by atoms with Crippen molar-refractivity contribution in [3.63, 3.8) is 0 Å². The van der Waals surface area contributed by atoms with Gasteiger partial charge in [-0.3, -0.25) is 0 Å². The van der Waals surface area contributed by atoms with Gasteiger partial charge in [0.2, 0.25) is 0 Å². The van der Waals surface area contributed by atoms with Crippen LogP contribution in [-0.2, 0) is 10.3 Å². The van der Waals surface area contributed by atoms with E-state index in [1.54, 1.807) is 0 Å². The second-order valence-electron chi connectivity index (χ2n) is 3.44. The number of halogens is 3. The van der Waals surface area contributed by atoms with E-state index in [0.717, 1.165) is 5.56 Å². The van der Waals surface area contributed by atoms with E-state index in [-0.39, 0.29) is 5.60 Å². The standard InChI is InChI=1S/C10H9Cl3O/c11-10(12,13)6-9(7-14-9)8-4-2-1-3-5-8/h1-5H,6-7H2. The first-order chi connectivity index (χ1) is 6.52. The lowest BCUT2D eigenvalue weighted by Gasteiger charge is -2.17. The number of benzene rings is 1. The Hall–Kier alpha value is 0.0500. The summed E-state index contributed by atoms with van der Waals surface area (Å²) in [5.74, 6) is 0. The number of hydrogen-bond acceptors (Lipinski definition) is 1. The molecule has 1 aromatic carbocycles. The highest BCUT2D eigenvalue weighted by molar-refractivity contribution is 6.67. The van der Waals surface area contributed by atoms with E-state index in [4.69, 9.17) is 39.5 Å². The van der Waals surface area contributed by atoms with Crippen molar-refractivity contribution in [3.05, 3.63) is 35.9 Å². The lowest BCUT2D eigenvalue weighted by molar-refractivity contribution is 0.295. The van der Waals surface area contributed by atoms with Crippen molar-refractivity contribution in [2.45, 2.75) is 15.8 Å². The maximum Gasteiger partial charge on any atom is 0.193 e. The Labute approximate surface area is 97.9 Å². The molecule has 0 aromatic heterocycles. The fraction of sp³-hybridized carbons (Fsp3) is 0.400. The van der Waals surface area contributed by atoms with Crippen molar-refractivity contribution < 1.29 is 4.74 Å². The number of hydrogen-bond donors (Lipinski definition) is 0. The number of rotatable bonds is 2. The summed E-state index contributed by atoms with van der Waals surface area (Å²) in [4.78, 5) is 0. The Morgan fingerprint density at radius 1 is 1.21 bits per heavy atom. The van der Waals surface area contributed by atoms with Gasteiger partial charge in [0.1, 0.15) is 5.60 Å². The minimum Gasteiger partial charge on any atom is -0.364 e. The third kappa shape index (κ3) is 2.34. The largest absolute Gasteiger partial charge is 0.364 e. The van der Waals surface area contributed by atoms with Gasteiger partial charge in [0.15, 0.2) is 3.79 Å². The predicted molar refractivity (Wildman–Crippen MR) is 59.0 cm³/mol. The van der Waals surface area contributed by atoms with Gasteiger partial charge in [-0.25, -0.2) is 0 Å². The summed E-state index contributed by atoms with van der Waals surface area (Å²) in [6.45, 7) is 0.630. The van der Waals surface area contributed by atoms with Crippen LogP contribution in [0.25, 0.3) is 0 Å². The third-order valence-electron chi connectivity index (χ3n) is 2.28. The highest BCUT2D eigenvalue weighted by Crippen LogP contribution is 2.49. The summed E-state index contributed by atoms with van der Waals surface area (Å²) in [5.41, 5.74) is 0.707. The van der Waals surface area contributed by atoms with Crippen molar-refractivity contribution in [1.82, 2.24) is 0 Å². The Bertz CT molecular complexity index is 314. The van der Waals surface area contributed by atoms with Gasteiger partial charge in [-0.2, -0.15) is 0 Å². The van der Waals surface area contributed by atoms with Crippen LogP contribution in [0.5, 0.6) is 0 Å². The molecule has 0 saturated carbocycles. The molecule has 0 amide bonds. The van der Waals surface area contributed by atoms with Crippen LogP contribution in [0.2, 0.25) is 0 Å². The topological polar surface area (TPSA) is 12.5 Å². The minimum absolute atomic E-state index is 0.369. The van der Waals surface area contributed by atoms with Crippen LogP contribution in [0.3, 0.4) is 0 Å². The average Bonchev–Trinajstić information content (AvgIpc) is 2.85. The van der Waals surface area contributed by atoms with Crippen LogP contribution < -0.4 is 0 Å². The maximum atomic E-state index is 5.76. The molecule has 76 valence electrons. The predicted octanol–water partition coefficient (Wildman–Crippen LogP) is 3.67. The Balaban J connectivity index is 2.18. The fourth-order valence-electron chi connectivity index (χ4n) is 1.52. The van der Waals surface area contributed by atoms with E-state index in [0.29, 0.717) is 13.0 Å². The van der Waals surface area contributed by atoms with Crippen LogP contribution in [0.4, 0.5) is 0 Å². The van der Waals surface area contributed by atoms with Crippen molar-refractivity contribution in [2.24, 2.45) is 0 Å². The lowest BCUT2D eigenvalue weighted by atomic mass is 9.97. The molecule has 1 aliphatic rings. The average molecular weight is 252 g/mol. The molecule has 1 nitrogen and oxygen atoms in total. The Kier molecular flexibility index (Phi) is 2.69. The van der Waals surface area contributed by atoms with E-state index < -0.39 is 3.79 Å². The van der Waals surface area contributed by atoms with Gasteiger partial charge in [-0.15, -0.1) is 0 Å². The smallest absolute Gasteiger partial charge is 0.193 e. The van der Waals surface area contributed by atoms with E-state index in [9.17, 15) is 0 Å². The number of epoxide rings is 1. The van der Waals surface area contributed by atoms with Gasteiger partial charge in [0.25, 0.3) is 0 Å². The Morgan fingerprint density at radius 3 is 2.21 bits per heavy atom. The van der Waals surface area contributed by atoms with Gasteiger partial charge in [-0.05, 0) is 5.56 Å². The van der Waals surface area contributed by atoms with Gasteiger partial charge in [0.05, 0.1) is 6.61 Å². The van der Waals surface area contributed by atoms with E-state index in [2.05, 4.69) is 0 Å². The van der Waals surface area contributed by atoms with Crippen LogP contribution >= 0.6 is 34.8 Å². The van der Waals surface area contributed by atoms with Gasteiger partial charge in [0, 0.05) is 6.42 Å². The summed E-state index contributed by atoms with van der Waals surface area (Å²) < 4.78 is 4.15. The second kappa shape index (κ2) is 3.57. The molecule has 1 aromatic rings. The van der Waals surface area contributed by atoms with E-state index in [1.165, 1.54) is 0 Å². The fourth-order valence-corrected chi connectivity index (χ4v) is 2.17. The number of alkyl halides is 3. The van der Waals surface area contributed by atoms with Crippen molar-refractivity contribution in [1.29, 1.82) is 0 Å². The summed E-state index contributed by atoms with van der Waals surface area (Å²) in [6, 6.07) is 9.84. The monoisotopic (exact) mass is 250 g/mol. The highest BCUT2D eigenvalue weighted by atomic mass is 35.6. The first kappa shape index (κ1) is 10.6. The van der Waals surface area contributed by atoms with Crippen LogP contribution in [0.1, 0.15) is 12.0 Å². The molecule has 1 unspecified atom stereocenters. The zero-order chi connectivity index (χ0) is 10.2. The first-order valence-corrected chi connectivity index (χ1v) is 5.41. The molecule has 0 aliphatic carbocycles. The van der Waals surface area contributed by atoms with Crippen molar-refractivity contribution in [3.8, 4) is 0 Å². The van der Waals surface area contributed by atoms with E-state index >= 15 is 0 Å². The summed E-state index contributed by atoms with van der Waals surface area (Å²) in [7, 11) is 0. The van der Waals surface area contributed by atoms with E-state index in [1.807, 2.05) is 30.3 Å². The molecular weight excluding hydrogens is 242 g/mol. The molecule has 1 heterocycles. The van der Waals surface area contributed by atoms with Crippen LogP contribution in [0, 0.1) is 0 Å². The summed E-state index contributed by atoms with van der Waals surface area (Å²) >= 11 is 17.3. The third-order valence-corrected chi connectivity index (χ3v) is 2.68. The maximum absolute atomic E-state index is 5.76. The summed E-state index contributed by atoms with van der Waals surface area (Å²) in [5, 5.41) is 0. The van der Waals surface area contributed by atoms with Gasteiger partial charge >= 0.3 is 0 Å². The molecule has 0 bridgehead atoms. The van der Waals surface area contributed by atoms with Gasteiger partial charge in [-0.1, -0.05) is 65.1 Å².